The summed E-state index contributed by atoms with van der Waals surface area (Å²) in [7, 11) is -2.05. The minimum atomic E-state index is -3.58. The summed E-state index contributed by atoms with van der Waals surface area (Å²) in [4.78, 5) is 4.70. The molecule has 3 aromatic rings. The number of nitrogens with one attached hydrogen (secondary N) is 1. The van der Waals surface area contributed by atoms with Gasteiger partial charge in [0.1, 0.15) is 11.5 Å². The number of benzene rings is 2. The van der Waals surface area contributed by atoms with E-state index < -0.39 is 10.0 Å². The second-order valence-electron chi connectivity index (χ2n) is 6.21. The van der Waals surface area contributed by atoms with Crippen molar-refractivity contribution >= 4 is 10.0 Å². The van der Waals surface area contributed by atoms with Crippen molar-refractivity contribution in [2.45, 2.75) is 25.2 Å². The molecule has 27 heavy (non-hydrogen) atoms. The maximum absolute atomic E-state index is 12.4. The van der Waals surface area contributed by atoms with E-state index in [4.69, 9.17) is 9.15 Å². The summed E-state index contributed by atoms with van der Waals surface area (Å²) in [6.45, 7) is 4.08. The second kappa shape index (κ2) is 7.94. The molecule has 1 aromatic heterocycles. The van der Waals surface area contributed by atoms with Gasteiger partial charge in [0, 0.05) is 18.5 Å². The van der Waals surface area contributed by atoms with Gasteiger partial charge >= 0.3 is 0 Å². The Morgan fingerprint density at radius 2 is 1.70 bits per heavy atom. The van der Waals surface area contributed by atoms with Crippen LogP contribution in [-0.4, -0.2) is 27.1 Å². The molecule has 3 rings (SSSR count). The van der Waals surface area contributed by atoms with Gasteiger partial charge in [-0.1, -0.05) is 17.7 Å². The van der Waals surface area contributed by atoms with E-state index in [2.05, 4.69) is 9.71 Å². The topological polar surface area (TPSA) is 81.4 Å². The molecular formula is C20H22N2O4S. The van der Waals surface area contributed by atoms with E-state index in [-0.39, 0.29) is 11.4 Å². The van der Waals surface area contributed by atoms with Crippen molar-refractivity contribution in [3.8, 4) is 17.2 Å². The standard InChI is InChI=1S/C20H22N2O4S/c1-14-4-6-16(7-5-14)20-22-19(15(2)26-20)12-13-21-27(23,24)18-10-8-17(25-3)9-11-18/h4-11,21H,12-13H2,1-3H3. The van der Waals surface area contributed by atoms with E-state index >= 15 is 0 Å². The minimum Gasteiger partial charge on any atom is -0.497 e. The van der Waals surface area contributed by atoms with Gasteiger partial charge in [-0.05, 0) is 50.2 Å². The lowest BCUT2D eigenvalue weighted by Crippen LogP contribution is -2.26. The van der Waals surface area contributed by atoms with Crippen LogP contribution in [0, 0.1) is 13.8 Å². The van der Waals surface area contributed by atoms with Crippen LogP contribution in [0.2, 0.25) is 0 Å². The molecule has 0 aliphatic heterocycles. The van der Waals surface area contributed by atoms with E-state index in [1.54, 1.807) is 12.1 Å². The lowest BCUT2D eigenvalue weighted by atomic mass is 10.1. The fourth-order valence-electron chi connectivity index (χ4n) is 2.62. The number of hydrogen-bond donors (Lipinski definition) is 1. The van der Waals surface area contributed by atoms with Crippen molar-refractivity contribution in [2.75, 3.05) is 13.7 Å². The van der Waals surface area contributed by atoms with Crippen molar-refractivity contribution in [3.63, 3.8) is 0 Å². The molecule has 1 heterocycles. The largest absolute Gasteiger partial charge is 0.497 e. The number of aryl methyl sites for hydroxylation is 2. The highest BCUT2D eigenvalue weighted by molar-refractivity contribution is 7.89. The molecule has 6 nitrogen and oxygen atoms in total. The van der Waals surface area contributed by atoms with Crippen molar-refractivity contribution in [2.24, 2.45) is 0 Å². The minimum absolute atomic E-state index is 0.195. The van der Waals surface area contributed by atoms with Gasteiger partial charge in [0.15, 0.2) is 0 Å². The van der Waals surface area contributed by atoms with Gasteiger partial charge in [-0.3, -0.25) is 0 Å². The summed E-state index contributed by atoms with van der Waals surface area (Å²) in [5, 5.41) is 0. The van der Waals surface area contributed by atoms with Gasteiger partial charge in [0.25, 0.3) is 0 Å². The maximum Gasteiger partial charge on any atom is 0.240 e. The molecule has 1 N–H and O–H groups in total. The highest BCUT2D eigenvalue weighted by atomic mass is 32.2. The molecule has 0 fully saturated rings. The van der Waals surface area contributed by atoms with Gasteiger partial charge in [-0.2, -0.15) is 0 Å². The number of rotatable bonds is 7. The van der Waals surface area contributed by atoms with E-state index in [1.807, 2.05) is 38.1 Å². The first-order valence-corrected chi connectivity index (χ1v) is 10.0. The molecule has 0 aliphatic carbocycles. The molecule has 0 atom stereocenters. The van der Waals surface area contributed by atoms with E-state index in [0.717, 1.165) is 16.8 Å². The zero-order chi connectivity index (χ0) is 19.4. The molecule has 7 heteroatoms. The Morgan fingerprint density at radius 1 is 1.04 bits per heavy atom. The summed E-state index contributed by atoms with van der Waals surface area (Å²) in [5.74, 6) is 1.84. The smallest absolute Gasteiger partial charge is 0.240 e. The van der Waals surface area contributed by atoms with Gasteiger partial charge < -0.3 is 9.15 Å². The quantitative estimate of drug-likeness (QED) is 0.672. The molecule has 0 spiro atoms. The van der Waals surface area contributed by atoms with Crippen LogP contribution in [0.3, 0.4) is 0 Å². The molecule has 2 aromatic carbocycles. The Labute approximate surface area is 159 Å². The van der Waals surface area contributed by atoms with Crippen LogP contribution >= 0.6 is 0 Å². The second-order valence-corrected chi connectivity index (χ2v) is 7.98. The maximum atomic E-state index is 12.4. The third-order valence-corrected chi connectivity index (χ3v) is 5.69. The van der Waals surface area contributed by atoms with Crippen LogP contribution in [0.5, 0.6) is 5.75 Å². The van der Waals surface area contributed by atoms with Crippen LogP contribution in [0.25, 0.3) is 11.5 Å². The number of methoxy groups -OCH3 is 1. The zero-order valence-electron chi connectivity index (χ0n) is 15.5. The third-order valence-electron chi connectivity index (χ3n) is 4.21. The lowest BCUT2D eigenvalue weighted by Gasteiger charge is -2.07. The average Bonchev–Trinajstić information content (AvgIpc) is 3.03. The number of sulfonamides is 1. The fourth-order valence-corrected chi connectivity index (χ4v) is 3.65. The van der Waals surface area contributed by atoms with Crippen molar-refractivity contribution < 1.29 is 17.6 Å². The fraction of sp³-hybridized carbons (Fsp3) is 0.250. The van der Waals surface area contributed by atoms with Crippen LogP contribution in [0.1, 0.15) is 17.0 Å². The highest BCUT2D eigenvalue weighted by Crippen LogP contribution is 2.22. The number of hydrogen-bond acceptors (Lipinski definition) is 5. The third kappa shape index (κ3) is 4.56. The first-order chi connectivity index (χ1) is 12.9. The molecule has 0 aliphatic rings. The molecule has 0 unspecified atom stereocenters. The van der Waals surface area contributed by atoms with Gasteiger partial charge in [0.2, 0.25) is 15.9 Å². The normalized spacial score (nSPS) is 11.5. The van der Waals surface area contributed by atoms with Crippen LogP contribution < -0.4 is 9.46 Å². The molecule has 0 amide bonds. The Kier molecular flexibility index (Phi) is 5.62. The van der Waals surface area contributed by atoms with Crippen LogP contribution in [-0.2, 0) is 16.4 Å². The Morgan fingerprint density at radius 3 is 2.33 bits per heavy atom. The van der Waals surface area contributed by atoms with E-state index in [9.17, 15) is 8.42 Å². The molecule has 0 radical (unpaired) electrons. The van der Waals surface area contributed by atoms with Gasteiger partial charge in [-0.15, -0.1) is 0 Å². The average molecular weight is 386 g/mol. The number of oxazole rings is 1. The number of aromatic nitrogens is 1. The van der Waals surface area contributed by atoms with Crippen LogP contribution in [0.4, 0.5) is 0 Å². The summed E-state index contributed by atoms with van der Waals surface area (Å²) in [5.41, 5.74) is 2.80. The van der Waals surface area contributed by atoms with E-state index in [1.165, 1.54) is 19.2 Å². The first-order valence-electron chi connectivity index (χ1n) is 8.56. The predicted octanol–water partition coefficient (Wildman–Crippen LogP) is 3.49. The molecule has 0 saturated heterocycles. The Hall–Kier alpha value is -2.64. The molecular weight excluding hydrogens is 364 g/mol. The predicted molar refractivity (Wildman–Crippen MR) is 103 cm³/mol. The summed E-state index contributed by atoms with van der Waals surface area (Å²) < 4.78 is 38.1. The lowest BCUT2D eigenvalue weighted by molar-refractivity contribution is 0.414. The van der Waals surface area contributed by atoms with Crippen molar-refractivity contribution in [3.05, 3.63) is 65.5 Å². The Bertz CT molecular complexity index is 1010. The van der Waals surface area contributed by atoms with Gasteiger partial charge in [0.05, 0.1) is 17.7 Å². The SMILES string of the molecule is COc1ccc(S(=O)(=O)NCCc2nc(-c3ccc(C)cc3)oc2C)cc1. The Balaban J connectivity index is 1.65. The monoisotopic (exact) mass is 386 g/mol. The molecule has 0 saturated carbocycles. The first kappa shape index (κ1) is 19.1. The van der Waals surface area contributed by atoms with Crippen molar-refractivity contribution in [1.82, 2.24) is 9.71 Å². The molecule has 142 valence electrons. The summed E-state index contributed by atoms with van der Waals surface area (Å²) in [6, 6.07) is 14.2. The summed E-state index contributed by atoms with van der Waals surface area (Å²) in [6.07, 6.45) is 0.441. The van der Waals surface area contributed by atoms with Crippen molar-refractivity contribution in [1.29, 1.82) is 0 Å². The van der Waals surface area contributed by atoms with Crippen LogP contribution in [0.15, 0.2) is 57.8 Å². The number of ether oxygens (including phenoxy) is 1. The van der Waals surface area contributed by atoms with Gasteiger partial charge in [-0.25, -0.2) is 18.1 Å². The van der Waals surface area contributed by atoms with E-state index in [0.29, 0.717) is 23.8 Å². The number of nitrogens with zero attached hydrogens (tertiary/aromatic N) is 1. The molecule has 0 bridgehead atoms. The zero-order valence-corrected chi connectivity index (χ0v) is 16.3. The highest BCUT2D eigenvalue weighted by Gasteiger charge is 2.15. The summed E-state index contributed by atoms with van der Waals surface area (Å²) >= 11 is 0.